The maximum Gasteiger partial charge on any atom is 0.318 e. The second-order valence-corrected chi connectivity index (χ2v) is 21.5. The standard InChI is InChI=1S/C15H30O6S3Si3/c1-13(16)22-7-10-25(4)19-26(5,11-8-23-14(2)17)21-27(6,20-25)12-9-24-15(3)18/h7-12H2,1-6H3. The molecule has 0 atom stereocenters. The number of hydrogen-bond donors (Lipinski definition) is 0. The quantitative estimate of drug-likeness (QED) is 0.447. The second-order valence-electron chi connectivity index (χ2n) is 6.98. The van der Waals surface area contributed by atoms with Gasteiger partial charge in [-0.1, -0.05) is 35.3 Å². The Balaban J connectivity index is 2.87. The van der Waals surface area contributed by atoms with Crippen LogP contribution in [0.15, 0.2) is 0 Å². The zero-order chi connectivity index (χ0) is 20.7. The lowest BCUT2D eigenvalue weighted by Crippen LogP contribution is -2.67. The molecule has 1 saturated heterocycles. The van der Waals surface area contributed by atoms with Crippen molar-refractivity contribution in [1.82, 2.24) is 0 Å². The van der Waals surface area contributed by atoms with E-state index in [0.29, 0.717) is 17.3 Å². The van der Waals surface area contributed by atoms with Crippen LogP contribution in [0, 0.1) is 0 Å². The third-order valence-corrected chi connectivity index (χ3v) is 21.2. The summed E-state index contributed by atoms with van der Waals surface area (Å²) >= 11 is 3.89. The van der Waals surface area contributed by atoms with E-state index in [-0.39, 0.29) is 15.3 Å². The normalized spacial score (nSPS) is 30.9. The molecule has 0 bridgehead atoms. The van der Waals surface area contributed by atoms with E-state index < -0.39 is 25.7 Å². The topological polar surface area (TPSA) is 78.9 Å². The first-order valence-electron chi connectivity index (χ1n) is 8.88. The molecule has 27 heavy (non-hydrogen) atoms. The molecule has 0 radical (unpaired) electrons. The average Bonchev–Trinajstić information content (AvgIpc) is 2.43. The molecule has 0 unspecified atom stereocenters. The molecule has 1 aliphatic heterocycles. The van der Waals surface area contributed by atoms with Crippen molar-refractivity contribution in [2.45, 2.75) is 58.5 Å². The summed E-state index contributed by atoms with van der Waals surface area (Å²) in [6.07, 6.45) is 0. The fourth-order valence-corrected chi connectivity index (χ4v) is 24.5. The summed E-state index contributed by atoms with van der Waals surface area (Å²) in [6.45, 7) is 10.9. The maximum atomic E-state index is 11.3. The van der Waals surface area contributed by atoms with Crippen LogP contribution in [0.25, 0.3) is 0 Å². The van der Waals surface area contributed by atoms with Crippen LogP contribution < -0.4 is 0 Å². The van der Waals surface area contributed by atoms with E-state index in [9.17, 15) is 14.4 Å². The molecule has 0 amide bonds. The van der Waals surface area contributed by atoms with E-state index in [2.05, 4.69) is 19.6 Å². The predicted octanol–water partition coefficient (Wildman–Crippen LogP) is 4.10. The summed E-state index contributed by atoms with van der Waals surface area (Å²) in [7, 11) is -7.47. The first-order valence-corrected chi connectivity index (χ1v) is 19.4. The van der Waals surface area contributed by atoms with Gasteiger partial charge in [0, 0.05) is 38.0 Å². The lowest BCUT2D eigenvalue weighted by atomic mass is 10.9. The van der Waals surface area contributed by atoms with Crippen molar-refractivity contribution < 1.29 is 26.7 Å². The Morgan fingerprint density at radius 1 is 0.593 bits per heavy atom. The van der Waals surface area contributed by atoms with Gasteiger partial charge in [0.25, 0.3) is 0 Å². The maximum absolute atomic E-state index is 11.3. The molecule has 0 aromatic heterocycles. The minimum Gasteiger partial charge on any atom is -0.416 e. The van der Waals surface area contributed by atoms with E-state index in [1.807, 2.05) is 0 Å². The van der Waals surface area contributed by atoms with E-state index >= 15 is 0 Å². The number of rotatable bonds is 9. The Labute approximate surface area is 178 Å². The van der Waals surface area contributed by atoms with Crippen LogP contribution in [0.1, 0.15) is 20.8 Å². The van der Waals surface area contributed by atoms with Gasteiger partial charge < -0.3 is 12.3 Å². The smallest absolute Gasteiger partial charge is 0.318 e. The molecule has 0 aromatic carbocycles. The minimum atomic E-state index is -2.49. The van der Waals surface area contributed by atoms with Crippen LogP contribution in [0.2, 0.25) is 37.8 Å². The first kappa shape index (κ1) is 25.6. The van der Waals surface area contributed by atoms with E-state index in [1.165, 1.54) is 35.3 Å². The van der Waals surface area contributed by atoms with Gasteiger partial charge >= 0.3 is 25.7 Å². The summed E-state index contributed by atoms with van der Waals surface area (Å²) in [6, 6.07) is 2.18. The van der Waals surface area contributed by atoms with Crippen molar-refractivity contribution in [3.05, 3.63) is 0 Å². The van der Waals surface area contributed by atoms with Gasteiger partial charge in [0.2, 0.25) is 0 Å². The fourth-order valence-electron chi connectivity index (χ4n) is 2.88. The van der Waals surface area contributed by atoms with Gasteiger partial charge in [-0.3, -0.25) is 14.4 Å². The molecule has 1 fully saturated rings. The third-order valence-electron chi connectivity index (χ3n) is 3.88. The number of thioether (sulfide) groups is 3. The molecule has 0 N–H and O–H groups in total. The Hall–Kier alpha value is 0.591. The molecule has 1 rings (SSSR count). The highest BCUT2D eigenvalue weighted by Crippen LogP contribution is 2.38. The highest BCUT2D eigenvalue weighted by molar-refractivity contribution is 8.14. The van der Waals surface area contributed by atoms with Gasteiger partial charge in [-0.05, 0) is 37.8 Å². The summed E-state index contributed by atoms with van der Waals surface area (Å²) in [5.41, 5.74) is 0. The number of carbonyl (C=O) groups is 3. The Kier molecular flexibility index (Phi) is 10.5. The van der Waals surface area contributed by atoms with Gasteiger partial charge in [0.1, 0.15) is 0 Å². The van der Waals surface area contributed by atoms with Crippen molar-refractivity contribution in [2.24, 2.45) is 0 Å². The average molecular weight is 487 g/mol. The van der Waals surface area contributed by atoms with E-state index in [1.54, 1.807) is 20.8 Å². The van der Waals surface area contributed by atoms with Crippen molar-refractivity contribution >= 4 is 76.3 Å². The molecule has 6 nitrogen and oxygen atoms in total. The monoisotopic (exact) mass is 486 g/mol. The predicted molar refractivity (Wildman–Crippen MR) is 122 cm³/mol. The minimum absolute atomic E-state index is 0.0930. The molecular formula is C15H30O6S3Si3. The molecule has 12 heteroatoms. The fraction of sp³-hybridized carbons (Fsp3) is 0.800. The number of hydrogen-bond acceptors (Lipinski definition) is 9. The highest BCUT2D eigenvalue weighted by Gasteiger charge is 2.56. The summed E-state index contributed by atoms with van der Waals surface area (Å²) in [5, 5.41) is 0.279. The Bertz CT molecular complexity index is 481. The lowest BCUT2D eigenvalue weighted by molar-refractivity contribution is -0.109. The third kappa shape index (κ3) is 10.3. The van der Waals surface area contributed by atoms with Crippen LogP contribution in [0.4, 0.5) is 0 Å². The van der Waals surface area contributed by atoms with Crippen LogP contribution in [0.5, 0.6) is 0 Å². The van der Waals surface area contributed by atoms with Crippen LogP contribution in [0.3, 0.4) is 0 Å². The van der Waals surface area contributed by atoms with Crippen molar-refractivity contribution in [2.75, 3.05) is 17.3 Å². The van der Waals surface area contributed by atoms with Gasteiger partial charge in [-0.15, -0.1) is 0 Å². The second kappa shape index (κ2) is 11.1. The number of carbonyl (C=O) groups excluding carboxylic acids is 3. The Morgan fingerprint density at radius 3 is 1.00 bits per heavy atom. The van der Waals surface area contributed by atoms with Crippen molar-refractivity contribution in [1.29, 1.82) is 0 Å². The van der Waals surface area contributed by atoms with Crippen molar-refractivity contribution in [3.63, 3.8) is 0 Å². The summed E-state index contributed by atoms with van der Waals surface area (Å²) < 4.78 is 19.5. The molecule has 0 aliphatic carbocycles. The largest absolute Gasteiger partial charge is 0.416 e. The molecule has 1 aliphatic rings. The summed E-state index contributed by atoms with van der Waals surface area (Å²) in [4.78, 5) is 33.8. The van der Waals surface area contributed by atoms with Gasteiger partial charge in [0.05, 0.1) is 0 Å². The molecule has 0 aromatic rings. The van der Waals surface area contributed by atoms with Crippen LogP contribution >= 0.6 is 35.3 Å². The van der Waals surface area contributed by atoms with Crippen LogP contribution in [-0.4, -0.2) is 58.3 Å². The molecular weight excluding hydrogens is 457 g/mol. The molecule has 0 spiro atoms. The van der Waals surface area contributed by atoms with E-state index in [0.717, 1.165) is 18.1 Å². The van der Waals surface area contributed by atoms with Crippen molar-refractivity contribution in [3.8, 4) is 0 Å². The highest BCUT2D eigenvalue weighted by atomic mass is 32.2. The zero-order valence-corrected chi connectivity index (χ0v) is 22.4. The summed E-state index contributed by atoms with van der Waals surface area (Å²) in [5.74, 6) is 2.03. The van der Waals surface area contributed by atoms with E-state index in [4.69, 9.17) is 12.3 Å². The first-order chi connectivity index (χ1) is 12.4. The Morgan fingerprint density at radius 2 is 0.815 bits per heavy atom. The van der Waals surface area contributed by atoms with Crippen LogP contribution in [-0.2, 0) is 26.7 Å². The molecule has 0 saturated carbocycles. The molecule has 1 heterocycles. The SMILES string of the molecule is CC(=O)SCC[Si]1(C)O[Si](C)(CCSC(C)=O)O[Si](C)(CCSC(C)=O)O1. The molecule has 156 valence electrons. The lowest BCUT2D eigenvalue weighted by Gasteiger charge is -2.50. The zero-order valence-electron chi connectivity index (χ0n) is 16.9. The van der Waals surface area contributed by atoms with Gasteiger partial charge in [-0.2, -0.15) is 0 Å². The van der Waals surface area contributed by atoms with Gasteiger partial charge in [0.15, 0.2) is 15.3 Å². The van der Waals surface area contributed by atoms with Gasteiger partial charge in [-0.25, -0.2) is 0 Å².